The van der Waals surface area contributed by atoms with Crippen molar-refractivity contribution >= 4 is 5.69 Å². The quantitative estimate of drug-likeness (QED) is 0.816. The van der Waals surface area contributed by atoms with Crippen LogP contribution in [0.2, 0.25) is 0 Å². The van der Waals surface area contributed by atoms with E-state index in [1.165, 1.54) is 11.3 Å². The van der Waals surface area contributed by atoms with Gasteiger partial charge in [0.05, 0.1) is 18.5 Å². The number of benzene rings is 1. The summed E-state index contributed by atoms with van der Waals surface area (Å²) >= 11 is 0. The maximum Gasteiger partial charge on any atom is 0.0643 e. The van der Waals surface area contributed by atoms with Gasteiger partial charge in [-0.1, -0.05) is 18.2 Å². The average Bonchev–Trinajstić information content (AvgIpc) is 2.51. The van der Waals surface area contributed by atoms with Crippen molar-refractivity contribution in [3.8, 4) is 6.07 Å². The molecule has 19 heavy (non-hydrogen) atoms. The summed E-state index contributed by atoms with van der Waals surface area (Å²) in [5.41, 5.74) is 2.58. The van der Waals surface area contributed by atoms with Gasteiger partial charge in [-0.15, -0.1) is 0 Å². The minimum absolute atomic E-state index is 0.286. The van der Waals surface area contributed by atoms with Crippen molar-refractivity contribution in [2.24, 2.45) is 0 Å². The van der Waals surface area contributed by atoms with Gasteiger partial charge in [-0.2, -0.15) is 5.26 Å². The van der Waals surface area contributed by atoms with Crippen molar-refractivity contribution in [3.05, 3.63) is 29.8 Å². The first-order chi connectivity index (χ1) is 9.13. The molecule has 0 saturated carbocycles. The van der Waals surface area contributed by atoms with Gasteiger partial charge in [-0.3, -0.25) is 0 Å². The molecule has 102 valence electrons. The van der Waals surface area contributed by atoms with Gasteiger partial charge in [0, 0.05) is 18.3 Å². The maximum atomic E-state index is 9.12. The molecule has 0 N–H and O–H groups in total. The largest absolute Gasteiger partial charge is 0.363 e. The van der Waals surface area contributed by atoms with Crippen LogP contribution in [0.25, 0.3) is 0 Å². The summed E-state index contributed by atoms with van der Waals surface area (Å²) in [5.74, 6) is 0. The Morgan fingerprint density at radius 3 is 2.79 bits per heavy atom. The lowest BCUT2D eigenvalue weighted by Crippen LogP contribution is -2.44. The molecule has 1 aromatic carbocycles. The smallest absolute Gasteiger partial charge is 0.0643 e. The fourth-order valence-electron chi connectivity index (χ4n) is 3.00. The normalized spacial score (nSPS) is 24.8. The summed E-state index contributed by atoms with van der Waals surface area (Å²) in [4.78, 5) is 4.80. The van der Waals surface area contributed by atoms with E-state index in [9.17, 15) is 0 Å². The minimum atomic E-state index is 0.286. The predicted molar refractivity (Wildman–Crippen MR) is 79.3 cm³/mol. The summed E-state index contributed by atoms with van der Waals surface area (Å²) in [6, 6.07) is 11.6. The number of nitriles is 1. The number of aryl methyl sites for hydroxylation is 1. The molecule has 0 amide bonds. The van der Waals surface area contributed by atoms with Crippen LogP contribution in [-0.2, 0) is 0 Å². The molecule has 3 nitrogen and oxygen atoms in total. The molecule has 0 radical (unpaired) electrons. The Kier molecular flexibility index (Phi) is 4.44. The van der Waals surface area contributed by atoms with E-state index in [0.29, 0.717) is 12.5 Å². The number of likely N-dealkylation sites (N-methyl/N-ethyl adjacent to an activating group) is 1. The maximum absolute atomic E-state index is 9.12. The fraction of sp³-hybridized carbons (Fsp3) is 0.562. The Morgan fingerprint density at radius 2 is 2.11 bits per heavy atom. The second-order valence-electron chi connectivity index (χ2n) is 5.61. The van der Waals surface area contributed by atoms with Crippen LogP contribution < -0.4 is 4.90 Å². The van der Waals surface area contributed by atoms with Gasteiger partial charge in [0.25, 0.3) is 0 Å². The molecule has 1 fully saturated rings. The van der Waals surface area contributed by atoms with E-state index >= 15 is 0 Å². The molecular formula is C16H23N3. The first-order valence-corrected chi connectivity index (χ1v) is 7.03. The summed E-state index contributed by atoms with van der Waals surface area (Å²) in [6.45, 7) is 6.49. The Morgan fingerprint density at radius 1 is 1.37 bits per heavy atom. The summed E-state index contributed by atoms with van der Waals surface area (Å²) in [5, 5.41) is 9.12. The van der Waals surface area contributed by atoms with E-state index in [2.05, 4.69) is 61.0 Å². The highest BCUT2D eigenvalue weighted by atomic mass is 15.3. The zero-order chi connectivity index (χ0) is 13.8. The van der Waals surface area contributed by atoms with Crippen molar-refractivity contribution in [2.45, 2.75) is 38.8 Å². The van der Waals surface area contributed by atoms with Crippen molar-refractivity contribution in [3.63, 3.8) is 0 Å². The standard InChI is InChI=1S/C16H23N3/c1-13-6-4-5-7-16(13)19-14(2)9-11-18(3)12-15(19)8-10-17/h4-7,14-15H,8-9,11-12H2,1-3H3. The number of anilines is 1. The molecule has 0 spiro atoms. The molecule has 1 aliphatic rings. The van der Waals surface area contributed by atoms with E-state index in [4.69, 9.17) is 5.26 Å². The van der Waals surface area contributed by atoms with Gasteiger partial charge < -0.3 is 9.80 Å². The summed E-state index contributed by atoms with van der Waals surface area (Å²) in [7, 11) is 2.15. The molecule has 2 rings (SSSR count). The SMILES string of the molecule is Cc1ccccc1N1C(C)CCN(C)CC1CC#N. The highest BCUT2D eigenvalue weighted by molar-refractivity contribution is 5.55. The van der Waals surface area contributed by atoms with Crippen molar-refractivity contribution in [2.75, 3.05) is 25.0 Å². The molecule has 1 aliphatic heterocycles. The lowest BCUT2D eigenvalue weighted by molar-refractivity contribution is 0.331. The van der Waals surface area contributed by atoms with Crippen LogP contribution in [0, 0.1) is 18.3 Å². The first-order valence-electron chi connectivity index (χ1n) is 7.03. The number of para-hydroxylation sites is 1. The highest BCUT2D eigenvalue weighted by Crippen LogP contribution is 2.28. The zero-order valence-electron chi connectivity index (χ0n) is 12.1. The molecule has 1 heterocycles. The molecule has 2 unspecified atom stereocenters. The van der Waals surface area contributed by atoms with Crippen LogP contribution in [0.4, 0.5) is 5.69 Å². The predicted octanol–water partition coefficient (Wildman–Crippen LogP) is 2.81. The number of hydrogen-bond acceptors (Lipinski definition) is 3. The van der Waals surface area contributed by atoms with Crippen molar-refractivity contribution < 1.29 is 0 Å². The molecule has 0 aromatic heterocycles. The van der Waals surface area contributed by atoms with Gasteiger partial charge in [0.15, 0.2) is 0 Å². The van der Waals surface area contributed by atoms with Crippen LogP contribution in [0.3, 0.4) is 0 Å². The van der Waals surface area contributed by atoms with Crippen LogP contribution in [0.15, 0.2) is 24.3 Å². The Labute approximate surface area is 116 Å². The van der Waals surface area contributed by atoms with Crippen molar-refractivity contribution in [1.82, 2.24) is 4.90 Å². The third-order valence-electron chi connectivity index (χ3n) is 4.04. The number of nitrogens with zero attached hydrogens (tertiary/aromatic N) is 3. The van der Waals surface area contributed by atoms with E-state index < -0.39 is 0 Å². The molecule has 0 aliphatic carbocycles. The van der Waals surface area contributed by atoms with Crippen LogP contribution in [-0.4, -0.2) is 37.1 Å². The lowest BCUT2D eigenvalue weighted by Gasteiger charge is -2.37. The second-order valence-corrected chi connectivity index (χ2v) is 5.61. The topological polar surface area (TPSA) is 30.3 Å². The van der Waals surface area contributed by atoms with Gasteiger partial charge >= 0.3 is 0 Å². The van der Waals surface area contributed by atoms with E-state index in [0.717, 1.165) is 19.5 Å². The minimum Gasteiger partial charge on any atom is -0.363 e. The molecule has 0 bridgehead atoms. The van der Waals surface area contributed by atoms with Crippen LogP contribution in [0.1, 0.15) is 25.3 Å². The van der Waals surface area contributed by atoms with Crippen LogP contribution >= 0.6 is 0 Å². The number of hydrogen-bond donors (Lipinski definition) is 0. The van der Waals surface area contributed by atoms with E-state index in [1.807, 2.05) is 0 Å². The molecule has 2 atom stereocenters. The van der Waals surface area contributed by atoms with E-state index in [-0.39, 0.29) is 6.04 Å². The molecular weight excluding hydrogens is 234 g/mol. The fourth-order valence-corrected chi connectivity index (χ4v) is 3.00. The third kappa shape index (κ3) is 3.08. The second kappa shape index (κ2) is 6.08. The number of rotatable bonds is 2. The van der Waals surface area contributed by atoms with Crippen molar-refractivity contribution in [1.29, 1.82) is 5.26 Å². The molecule has 1 saturated heterocycles. The van der Waals surface area contributed by atoms with E-state index in [1.54, 1.807) is 0 Å². The monoisotopic (exact) mass is 257 g/mol. The van der Waals surface area contributed by atoms with Gasteiger partial charge in [0.1, 0.15) is 0 Å². The zero-order valence-corrected chi connectivity index (χ0v) is 12.1. The van der Waals surface area contributed by atoms with Crippen LogP contribution in [0.5, 0.6) is 0 Å². The van der Waals surface area contributed by atoms with Gasteiger partial charge in [-0.05, 0) is 45.5 Å². The molecule has 1 aromatic rings. The lowest BCUT2D eigenvalue weighted by atomic mass is 10.1. The Bertz CT molecular complexity index is 463. The first kappa shape index (κ1) is 13.9. The average molecular weight is 257 g/mol. The highest BCUT2D eigenvalue weighted by Gasteiger charge is 2.28. The summed E-state index contributed by atoms with van der Waals surface area (Å²) in [6.07, 6.45) is 1.73. The Balaban J connectivity index is 2.37. The van der Waals surface area contributed by atoms with Gasteiger partial charge in [-0.25, -0.2) is 0 Å². The molecule has 3 heteroatoms. The van der Waals surface area contributed by atoms with Gasteiger partial charge in [0.2, 0.25) is 0 Å². The summed E-state index contributed by atoms with van der Waals surface area (Å²) < 4.78 is 0. The Hall–Kier alpha value is -1.53. The third-order valence-corrected chi connectivity index (χ3v) is 4.04.